The highest BCUT2D eigenvalue weighted by molar-refractivity contribution is 5.95. The monoisotopic (exact) mass is 447 g/mol. The fourth-order valence-corrected chi connectivity index (χ4v) is 8.86. The molecule has 6 rings (SSSR count). The number of nitrogens with zero attached hydrogens (tertiary/aromatic N) is 1. The quantitative estimate of drug-likeness (QED) is 0.660. The van der Waals surface area contributed by atoms with Crippen LogP contribution >= 0.6 is 0 Å². The third-order valence-electron chi connectivity index (χ3n) is 10.6. The van der Waals surface area contributed by atoms with Crippen molar-refractivity contribution in [2.24, 2.45) is 28.6 Å². The van der Waals surface area contributed by atoms with Crippen molar-refractivity contribution in [1.29, 1.82) is 0 Å². The number of fused-ring (bicyclic) bond motifs is 5. The molecule has 4 nitrogen and oxygen atoms in total. The number of aliphatic hydroxyl groups excluding tert-OH is 1. The van der Waals surface area contributed by atoms with Gasteiger partial charge in [0.1, 0.15) is 0 Å². The van der Waals surface area contributed by atoms with E-state index < -0.39 is 0 Å². The molecule has 176 valence electrons. The number of anilines is 1. The lowest BCUT2D eigenvalue weighted by Gasteiger charge is -2.61. The highest BCUT2D eigenvalue weighted by Crippen LogP contribution is 2.68. The fourth-order valence-electron chi connectivity index (χ4n) is 8.86. The molecule has 5 aliphatic rings. The minimum absolute atomic E-state index is 0.0303. The number of rotatable bonds is 2. The summed E-state index contributed by atoms with van der Waals surface area (Å²) in [6.07, 6.45) is 10.2. The van der Waals surface area contributed by atoms with Crippen molar-refractivity contribution in [3.8, 4) is 0 Å². The summed E-state index contributed by atoms with van der Waals surface area (Å²) in [5.41, 5.74) is 3.78. The Morgan fingerprint density at radius 3 is 2.52 bits per heavy atom. The maximum Gasteiger partial charge on any atom is 0.227 e. The van der Waals surface area contributed by atoms with E-state index in [9.17, 15) is 14.7 Å². The molecule has 7 unspecified atom stereocenters. The summed E-state index contributed by atoms with van der Waals surface area (Å²) < 4.78 is 0. The van der Waals surface area contributed by atoms with Crippen LogP contribution in [0.25, 0.3) is 0 Å². The summed E-state index contributed by atoms with van der Waals surface area (Å²) in [5.74, 6) is 2.58. The van der Waals surface area contributed by atoms with Crippen LogP contribution in [-0.2, 0) is 9.59 Å². The second-order valence-electron chi connectivity index (χ2n) is 12.0. The zero-order chi connectivity index (χ0) is 23.0. The molecule has 0 aromatic heterocycles. The molecule has 1 aromatic carbocycles. The summed E-state index contributed by atoms with van der Waals surface area (Å²) in [5, 5.41) is 11.1. The van der Waals surface area contributed by atoms with Gasteiger partial charge < -0.3 is 10.0 Å². The maximum absolute atomic E-state index is 12.3. The van der Waals surface area contributed by atoms with Crippen molar-refractivity contribution in [2.75, 3.05) is 11.4 Å². The summed E-state index contributed by atoms with van der Waals surface area (Å²) in [4.78, 5) is 26.5. The van der Waals surface area contributed by atoms with Crippen molar-refractivity contribution >= 4 is 17.4 Å². The minimum atomic E-state index is -0.217. The van der Waals surface area contributed by atoms with Crippen LogP contribution < -0.4 is 4.90 Å². The number of aliphatic hydroxyl groups is 1. The van der Waals surface area contributed by atoms with Crippen LogP contribution in [0.4, 0.5) is 5.69 Å². The van der Waals surface area contributed by atoms with E-state index in [4.69, 9.17) is 0 Å². The first-order valence-electron chi connectivity index (χ1n) is 13.1. The van der Waals surface area contributed by atoms with Gasteiger partial charge in [-0.15, -0.1) is 0 Å². The van der Waals surface area contributed by atoms with E-state index in [0.717, 1.165) is 57.2 Å². The topological polar surface area (TPSA) is 57.6 Å². The third-order valence-corrected chi connectivity index (χ3v) is 10.6. The molecule has 1 heterocycles. The van der Waals surface area contributed by atoms with Gasteiger partial charge in [0.25, 0.3) is 0 Å². The Morgan fingerprint density at radius 1 is 1.00 bits per heavy atom. The van der Waals surface area contributed by atoms with Gasteiger partial charge in [0, 0.05) is 25.1 Å². The molecular weight excluding hydrogens is 410 g/mol. The Balaban J connectivity index is 1.41. The second kappa shape index (κ2) is 7.53. The first-order valence-corrected chi connectivity index (χ1v) is 13.1. The minimum Gasteiger partial charge on any atom is -0.393 e. The average Bonchev–Trinajstić information content (AvgIpc) is 3.36. The van der Waals surface area contributed by atoms with Gasteiger partial charge in [-0.1, -0.05) is 31.6 Å². The van der Waals surface area contributed by atoms with Crippen LogP contribution in [0.3, 0.4) is 0 Å². The van der Waals surface area contributed by atoms with Gasteiger partial charge in [-0.3, -0.25) is 9.59 Å². The Labute approximate surface area is 197 Å². The van der Waals surface area contributed by atoms with E-state index >= 15 is 0 Å². The van der Waals surface area contributed by atoms with Gasteiger partial charge in [-0.05, 0) is 103 Å². The molecule has 3 saturated carbocycles. The molecule has 1 aromatic rings. The zero-order valence-electron chi connectivity index (χ0n) is 20.1. The fraction of sp³-hybridized carbons (Fsp3) is 0.655. The number of amides is 1. The molecule has 0 spiro atoms. The van der Waals surface area contributed by atoms with Crippen LogP contribution in [-0.4, -0.2) is 29.4 Å². The maximum atomic E-state index is 12.3. The summed E-state index contributed by atoms with van der Waals surface area (Å²) in [7, 11) is 0. The van der Waals surface area contributed by atoms with Gasteiger partial charge in [0.2, 0.25) is 5.91 Å². The molecule has 0 bridgehead atoms. The van der Waals surface area contributed by atoms with Crippen molar-refractivity contribution < 1.29 is 14.7 Å². The normalized spacial score (nSPS) is 42.6. The Hall–Kier alpha value is -1.94. The average molecular weight is 448 g/mol. The molecule has 33 heavy (non-hydrogen) atoms. The molecule has 0 radical (unpaired) electrons. The van der Waals surface area contributed by atoms with Crippen molar-refractivity contribution in [3.63, 3.8) is 0 Å². The first-order chi connectivity index (χ1) is 15.8. The van der Waals surface area contributed by atoms with Crippen molar-refractivity contribution in [2.45, 2.75) is 83.7 Å². The van der Waals surface area contributed by atoms with Gasteiger partial charge in [0.15, 0.2) is 5.78 Å². The number of ketones is 1. The second-order valence-corrected chi connectivity index (χ2v) is 12.0. The predicted molar refractivity (Wildman–Crippen MR) is 129 cm³/mol. The van der Waals surface area contributed by atoms with Gasteiger partial charge in [-0.2, -0.15) is 0 Å². The zero-order valence-corrected chi connectivity index (χ0v) is 20.1. The number of hydrogen-bond acceptors (Lipinski definition) is 3. The highest BCUT2D eigenvalue weighted by Gasteiger charge is 2.62. The lowest BCUT2D eigenvalue weighted by atomic mass is 9.44. The standard InChI is InChI=1S/C29H37NO3/c1-28-14-13-21(31)16-19(28)7-10-22-24-11-12-25(32)29(24,2)17-23(27(22)28)18-5-8-20(9-6-18)30-15-3-4-26(30)33/h5-6,8-9,16,22-25,27,32H,3-4,7,10-15,17H2,1-2H3. The predicted octanol–water partition coefficient (Wildman–Crippen LogP) is 5.40. The van der Waals surface area contributed by atoms with Gasteiger partial charge >= 0.3 is 0 Å². The van der Waals surface area contributed by atoms with Crippen LogP contribution in [0, 0.1) is 28.6 Å². The van der Waals surface area contributed by atoms with Crippen LogP contribution in [0.5, 0.6) is 0 Å². The van der Waals surface area contributed by atoms with E-state index in [0.29, 0.717) is 42.3 Å². The molecule has 4 aliphatic carbocycles. The number of hydrogen-bond donors (Lipinski definition) is 1. The smallest absolute Gasteiger partial charge is 0.227 e. The van der Waals surface area contributed by atoms with Gasteiger partial charge in [0.05, 0.1) is 6.10 Å². The molecule has 1 aliphatic heterocycles. The van der Waals surface area contributed by atoms with Gasteiger partial charge in [-0.25, -0.2) is 0 Å². The molecule has 4 fully saturated rings. The molecule has 4 heteroatoms. The molecule has 1 N–H and O–H groups in total. The highest BCUT2D eigenvalue weighted by atomic mass is 16.3. The molecular formula is C29H37NO3. The Kier molecular flexibility index (Phi) is 4.93. The molecule has 1 amide bonds. The van der Waals surface area contributed by atoms with Crippen LogP contribution in [0.15, 0.2) is 35.9 Å². The van der Waals surface area contributed by atoms with Crippen LogP contribution in [0.1, 0.15) is 83.1 Å². The number of carbonyl (C=O) groups is 2. The van der Waals surface area contributed by atoms with E-state index in [2.05, 4.69) is 38.1 Å². The summed E-state index contributed by atoms with van der Waals surface area (Å²) >= 11 is 0. The van der Waals surface area contributed by atoms with Crippen LogP contribution in [0.2, 0.25) is 0 Å². The number of benzene rings is 1. The van der Waals surface area contributed by atoms with Crippen molar-refractivity contribution in [1.82, 2.24) is 0 Å². The third kappa shape index (κ3) is 3.12. The van der Waals surface area contributed by atoms with E-state index in [1.54, 1.807) is 0 Å². The lowest BCUT2D eigenvalue weighted by molar-refractivity contribution is -0.119. The van der Waals surface area contributed by atoms with E-state index in [1.807, 2.05) is 11.0 Å². The largest absolute Gasteiger partial charge is 0.393 e. The van der Waals surface area contributed by atoms with E-state index in [-0.39, 0.29) is 22.8 Å². The Bertz CT molecular complexity index is 1010. The SMILES string of the molecule is CC12CCC(=O)C=C1CCC1C2C(c2ccc(N3CCCC3=O)cc2)CC2(C)C(O)CCC12. The first kappa shape index (κ1) is 21.6. The number of allylic oxidation sites excluding steroid dienone is 1. The summed E-state index contributed by atoms with van der Waals surface area (Å²) in [6.45, 7) is 5.59. The number of carbonyl (C=O) groups excluding carboxylic acids is 2. The lowest BCUT2D eigenvalue weighted by Crippen LogP contribution is -2.54. The Morgan fingerprint density at radius 2 is 1.79 bits per heavy atom. The van der Waals surface area contributed by atoms with E-state index in [1.165, 1.54) is 11.1 Å². The van der Waals surface area contributed by atoms with Crippen molar-refractivity contribution in [3.05, 3.63) is 41.5 Å². The summed E-state index contributed by atoms with van der Waals surface area (Å²) in [6, 6.07) is 8.78. The molecule has 1 saturated heterocycles. The molecule has 7 atom stereocenters.